The fourth-order valence-electron chi connectivity index (χ4n) is 4.34. The average Bonchev–Trinajstić information content (AvgIpc) is 3.61. The SMILES string of the molecule is C[C@@H](Cn1ccc(-c2ccc(C#N)c(Cl)c2)n1)n1nc(C(N)=O)cc1C(=O)c1ccc(-c2ccccc2)cc1. The molecule has 2 N–H and O–H groups in total. The van der Waals surface area contributed by atoms with Crippen LogP contribution in [0.3, 0.4) is 0 Å². The van der Waals surface area contributed by atoms with Crippen LogP contribution in [-0.4, -0.2) is 31.3 Å². The van der Waals surface area contributed by atoms with E-state index in [0.29, 0.717) is 28.4 Å². The molecule has 0 bridgehead atoms. The Bertz CT molecular complexity index is 1710. The number of ketones is 1. The van der Waals surface area contributed by atoms with Crippen LogP contribution in [0.15, 0.2) is 91.1 Å². The summed E-state index contributed by atoms with van der Waals surface area (Å²) in [5, 5.41) is 18.4. The fourth-order valence-corrected chi connectivity index (χ4v) is 4.57. The van der Waals surface area contributed by atoms with Crippen LogP contribution in [0.5, 0.6) is 0 Å². The van der Waals surface area contributed by atoms with Crippen molar-refractivity contribution in [1.29, 1.82) is 5.26 Å². The van der Waals surface area contributed by atoms with Gasteiger partial charge in [0.2, 0.25) is 5.78 Å². The first-order valence-corrected chi connectivity index (χ1v) is 12.5. The van der Waals surface area contributed by atoms with Crippen LogP contribution in [0.2, 0.25) is 5.02 Å². The van der Waals surface area contributed by atoms with Gasteiger partial charge in [-0.05, 0) is 36.2 Å². The van der Waals surface area contributed by atoms with Gasteiger partial charge in [0.1, 0.15) is 11.8 Å². The van der Waals surface area contributed by atoms with Crippen LogP contribution in [0.4, 0.5) is 0 Å². The van der Waals surface area contributed by atoms with Gasteiger partial charge < -0.3 is 5.73 Å². The van der Waals surface area contributed by atoms with Crippen LogP contribution < -0.4 is 5.73 Å². The van der Waals surface area contributed by atoms with E-state index < -0.39 is 5.91 Å². The number of nitrogens with zero attached hydrogens (tertiary/aromatic N) is 5. The number of hydrogen-bond donors (Lipinski definition) is 1. The molecule has 2 heterocycles. The molecule has 0 saturated heterocycles. The summed E-state index contributed by atoms with van der Waals surface area (Å²) in [6, 6.07) is 27.3. The number of primary amides is 1. The number of halogens is 1. The van der Waals surface area contributed by atoms with Crippen molar-refractivity contribution in [3.05, 3.63) is 119 Å². The Kier molecular flexibility index (Phi) is 7.08. The van der Waals surface area contributed by atoms with E-state index in [1.165, 1.54) is 10.7 Å². The van der Waals surface area contributed by atoms with E-state index in [-0.39, 0.29) is 23.2 Å². The van der Waals surface area contributed by atoms with Gasteiger partial charge in [0.05, 0.1) is 28.9 Å². The van der Waals surface area contributed by atoms with Crippen molar-refractivity contribution in [3.63, 3.8) is 0 Å². The second-order valence-electron chi connectivity index (χ2n) is 9.07. The average molecular weight is 535 g/mol. The molecule has 9 heteroatoms. The Hall–Kier alpha value is -5.00. The van der Waals surface area contributed by atoms with Gasteiger partial charge in [-0.1, -0.05) is 72.3 Å². The molecule has 5 rings (SSSR count). The maximum absolute atomic E-state index is 13.5. The van der Waals surface area contributed by atoms with E-state index in [1.54, 1.807) is 41.2 Å². The first kappa shape index (κ1) is 25.6. The minimum atomic E-state index is -0.714. The van der Waals surface area contributed by atoms with Crippen molar-refractivity contribution in [2.24, 2.45) is 5.73 Å². The van der Waals surface area contributed by atoms with Gasteiger partial charge in [-0.3, -0.25) is 19.0 Å². The zero-order valence-corrected chi connectivity index (χ0v) is 21.7. The second kappa shape index (κ2) is 10.8. The molecule has 39 heavy (non-hydrogen) atoms. The third kappa shape index (κ3) is 5.35. The molecule has 192 valence electrons. The standard InChI is InChI=1S/C30H23ClN6O2/c1-19(18-36-14-13-26(34-36)23-11-12-24(17-32)25(31)15-23)37-28(16-27(35-37)30(33)39)29(38)22-9-7-21(8-10-22)20-5-3-2-4-6-20/h2-16,19H,18H2,1H3,(H2,33,39)/t19-/m0/s1. The summed E-state index contributed by atoms with van der Waals surface area (Å²) in [5.74, 6) is -0.983. The number of benzene rings is 3. The van der Waals surface area contributed by atoms with Gasteiger partial charge in [-0.15, -0.1) is 0 Å². The highest BCUT2D eigenvalue weighted by Crippen LogP contribution is 2.25. The van der Waals surface area contributed by atoms with Gasteiger partial charge in [0.15, 0.2) is 5.69 Å². The Labute approximate surface area is 229 Å². The van der Waals surface area contributed by atoms with E-state index >= 15 is 0 Å². The molecule has 0 spiro atoms. The molecule has 0 fully saturated rings. The normalized spacial score (nSPS) is 11.6. The quantitative estimate of drug-likeness (QED) is 0.262. The third-order valence-electron chi connectivity index (χ3n) is 6.37. The van der Waals surface area contributed by atoms with Crippen LogP contribution >= 0.6 is 11.6 Å². The summed E-state index contributed by atoms with van der Waals surface area (Å²) >= 11 is 6.18. The van der Waals surface area contributed by atoms with Gasteiger partial charge in [-0.25, -0.2) is 0 Å². The number of carbonyl (C=O) groups excluding carboxylic acids is 2. The van der Waals surface area contributed by atoms with Crippen LogP contribution in [-0.2, 0) is 6.54 Å². The van der Waals surface area contributed by atoms with Gasteiger partial charge in [-0.2, -0.15) is 15.5 Å². The molecule has 0 aliphatic carbocycles. The van der Waals surface area contributed by atoms with E-state index in [4.69, 9.17) is 22.6 Å². The summed E-state index contributed by atoms with van der Waals surface area (Å²) in [4.78, 5) is 25.4. The lowest BCUT2D eigenvalue weighted by Gasteiger charge is -2.15. The van der Waals surface area contributed by atoms with E-state index in [2.05, 4.69) is 10.2 Å². The van der Waals surface area contributed by atoms with E-state index in [0.717, 1.165) is 16.7 Å². The number of nitrogens with two attached hydrogens (primary N) is 1. The molecule has 0 saturated carbocycles. The van der Waals surface area contributed by atoms with Crippen LogP contribution in [0.1, 0.15) is 45.1 Å². The Morgan fingerprint density at radius 3 is 2.31 bits per heavy atom. The lowest BCUT2D eigenvalue weighted by atomic mass is 10.0. The molecule has 1 amide bonds. The molecule has 0 aliphatic rings. The molecular formula is C30H23ClN6O2. The maximum Gasteiger partial charge on any atom is 0.269 e. The first-order chi connectivity index (χ1) is 18.8. The Balaban J connectivity index is 1.40. The molecule has 2 aromatic heterocycles. The minimum Gasteiger partial charge on any atom is -0.364 e. The Morgan fingerprint density at radius 1 is 0.949 bits per heavy atom. The highest BCUT2D eigenvalue weighted by Gasteiger charge is 2.23. The van der Waals surface area contributed by atoms with Crippen molar-refractivity contribution in [1.82, 2.24) is 19.6 Å². The number of amides is 1. The van der Waals surface area contributed by atoms with Gasteiger partial charge >= 0.3 is 0 Å². The van der Waals surface area contributed by atoms with Crippen molar-refractivity contribution < 1.29 is 9.59 Å². The van der Waals surface area contributed by atoms with Crippen LogP contribution in [0.25, 0.3) is 22.4 Å². The summed E-state index contributed by atoms with van der Waals surface area (Å²) in [6.07, 6.45) is 1.81. The van der Waals surface area contributed by atoms with Crippen LogP contribution in [0, 0.1) is 11.3 Å². The van der Waals surface area contributed by atoms with Crippen molar-refractivity contribution in [3.8, 4) is 28.5 Å². The summed E-state index contributed by atoms with van der Waals surface area (Å²) < 4.78 is 3.24. The molecular weight excluding hydrogens is 512 g/mol. The highest BCUT2D eigenvalue weighted by molar-refractivity contribution is 6.32. The van der Waals surface area contributed by atoms with E-state index in [1.807, 2.05) is 61.5 Å². The predicted octanol–water partition coefficient (Wildman–Crippen LogP) is 5.53. The molecule has 0 aliphatic heterocycles. The second-order valence-corrected chi connectivity index (χ2v) is 9.48. The summed E-state index contributed by atoms with van der Waals surface area (Å²) in [5.41, 5.74) is 10.1. The van der Waals surface area contributed by atoms with Crippen molar-refractivity contribution >= 4 is 23.3 Å². The first-order valence-electron chi connectivity index (χ1n) is 12.2. The summed E-state index contributed by atoms with van der Waals surface area (Å²) in [7, 11) is 0. The molecule has 5 aromatic rings. The van der Waals surface area contributed by atoms with Crippen molar-refractivity contribution in [2.75, 3.05) is 0 Å². The maximum atomic E-state index is 13.5. The van der Waals surface area contributed by atoms with E-state index in [9.17, 15) is 9.59 Å². The number of aromatic nitrogens is 4. The zero-order valence-electron chi connectivity index (χ0n) is 21.0. The van der Waals surface area contributed by atoms with Crippen molar-refractivity contribution in [2.45, 2.75) is 19.5 Å². The number of nitriles is 1. The summed E-state index contributed by atoms with van der Waals surface area (Å²) in [6.45, 7) is 2.25. The monoisotopic (exact) mass is 534 g/mol. The Morgan fingerprint density at radius 2 is 1.64 bits per heavy atom. The number of carbonyl (C=O) groups is 2. The van der Waals surface area contributed by atoms with Gasteiger partial charge in [0, 0.05) is 23.4 Å². The zero-order chi connectivity index (χ0) is 27.5. The number of hydrogen-bond acceptors (Lipinski definition) is 5. The lowest BCUT2D eigenvalue weighted by molar-refractivity contribution is 0.0991. The largest absolute Gasteiger partial charge is 0.364 e. The fraction of sp³-hybridized carbons (Fsp3) is 0.100. The number of rotatable bonds is 8. The molecule has 1 atom stereocenters. The highest BCUT2D eigenvalue weighted by atomic mass is 35.5. The molecule has 0 radical (unpaired) electrons. The lowest BCUT2D eigenvalue weighted by Crippen LogP contribution is -2.20. The topological polar surface area (TPSA) is 120 Å². The molecule has 0 unspecified atom stereocenters. The molecule has 3 aromatic carbocycles. The third-order valence-corrected chi connectivity index (χ3v) is 6.68. The smallest absolute Gasteiger partial charge is 0.269 e. The predicted molar refractivity (Wildman–Crippen MR) is 148 cm³/mol. The van der Waals surface area contributed by atoms with Gasteiger partial charge in [0.25, 0.3) is 5.91 Å². The minimum absolute atomic E-state index is 0.0134. The molecule has 8 nitrogen and oxygen atoms in total.